The van der Waals surface area contributed by atoms with Crippen molar-refractivity contribution in [1.29, 1.82) is 0 Å². The average Bonchev–Trinajstić information content (AvgIpc) is 2.39. The first kappa shape index (κ1) is 11.1. The molecule has 0 bridgehead atoms. The van der Waals surface area contributed by atoms with Crippen molar-refractivity contribution in [2.24, 2.45) is 0 Å². The fraction of sp³-hybridized carbons (Fsp3) is 0. The highest BCUT2D eigenvalue weighted by Crippen LogP contribution is 2.28. The molecule has 1 aromatic heterocycles. The van der Waals surface area contributed by atoms with Crippen LogP contribution in [0, 0.1) is 0 Å². The lowest BCUT2D eigenvalue weighted by Gasteiger charge is -2.04. The minimum atomic E-state index is -0.344. The fourth-order valence-corrected chi connectivity index (χ4v) is 2.16. The summed E-state index contributed by atoms with van der Waals surface area (Å²) in [6.45, 7) is 0. The van der Waals surface area contributed by atoms with Gasteiger partial charge in [0.1, 0.15) is 5.76 Å². The molecular formula is C15H9ClO2. The first-order valence-corrected chi connectivity index (χ1v) is 5.91. The Morgan fingerprint density at radius 1 is 0.944 bits per heavy atom. The molecule has 0 aliphatic heterocycles. The predicted octanol–water partition coefficient (Wildman–Crippen LogP) is 4.11. The number of halogens is 1. The van der Waals surface area contributed by atoms with Gasteiger partial charge in [0.05, 0.1) is 10.4 Å². The van der Waals surface area contributed by atoms with Crippen LogP contribution in [0.15, 0.2) is 63.8 Å². The molecule has 0 aliphatic carbocycles. The summed E-state index contributed by atoms with van der Waals surface area (Å²) in [4.78, 5) is 11.9. The van der Waals surface area contributed by atoms with E-state index in [0.29, 0.717) is 16.2 Å². The molecule has 0 amide bonds. The summed E-state index contributed by atoms with van der Waals surface area (Å²) in [5, 5.41) is 1.99. The maximum Gasteiger partial charge on any atom is 0.344 e. The number of hydrogen-bond donors (Lipinski definition) is 0. The number of rotatable bonds is 1. The normalized spacial score (nSPS) is 10.7. The molecule has 2 nitrogen and oxygen atoms in total. The van der Waals surface area contributed by atoms with Gasteiger partial charge in [0.2, 0.25) is 0 Å². The molecule has 0 saturated heterocycles. The van der Waals surface area contributed by atoms with Crippen LogP contribution in [0.5, 0.6) is 0 Å². The van der Waals surface area contributed by atoms with Gasteiger partial charge in [0.15, 0.2) is 0 Å². The zero-order chi connectivity index (χ0) is 12.5. The van der Waals surface area contributed by atoms with Crippen LogP contribution < -0.4 is 5.63 Å². The van der Waals surface area contributed by atoms with Gasteiger partial charge in [0.25, 0.3) is 0 Å². The Balaban J connectivity index is 2.32. The summed E-state index contributed by atoms with van der Waals surface area (Å²) in [6.07, 6.45) is 0. The van der Waals surface area contributed by atoms with Crippen LogP contribution in [0.3, 0.4) is 0 Å². The monoisotopic (exact) mass is 256 g/mol. The molecule has 0 atom stereocenters. The Bertz CT molecular complexity index is 775. The van der Waals surface area contributed by atoms with Crippen LogP contribution >= 0.6 is 11.6 Å². The van der Waals surface area contributed by atoms with Crippen LogP contribution in [0.1, 0.15) is 0 Å². The van der Waals surface area contributed by atoms with Gasteiger partial charge in [-0.15, -0.1) is 0 Å². The maximum atomic E-state index is 11.9. The number of benzene rings is 2. The molecule has 0 radical (unpaired) electrons. The lowest BCUT2D eigenvalue weighted by molar-refractivity contribution is 0.535. The largest absolute Gasteiger partial charge is 0.422 e. The van der Waals surface area contributed by atoms with Crippen LogP contribution in [0.2, 0.25) is 5.02 Å². The zero-order valence-corrected chi connectivity index (χ0v) is 10.1. The molecule has 1 heterocycles. The molecule has 0 N–H and O–H groups in total. The van der Waals surface area contributed by atoms with E-state index in [1.165, 1.54) is 0 Å². The van der Waals surface area contributed by atoms with Crippen molar-refractivity contribution >= 4 is 22.4 Å². The highest BCUT2D eigenvalue weighted by atomic mass is 35.5. The first-order chi connectivity index (χ1) is 8.75. The van der Waals surface area contributed by atoms with Crippen molar-refractivity contribution in [1.82, 2.24) is 0 Å². The molecular weight excluding hydrogens is 248 g/mol. The summed E-state index contributed by atoms with van der Waals surface area (Å²) in [5.41, 5.74) is 0.380. The summed E-state index contributed by atoms with van der Waals surface area (Å²) in [6, 6.07) is 16.5. The van der Waals surface area contributed by atoms with E-state index < -0.39 is 0 Å². The van der Waals surface area contributed by atoms with E-state index in [4.69, 9.17) is 16.0 Å². The highest BCUT2D eigenvalue weighted by molar-refractivity contribution is 6.33. The molecule has 0 aliphatic rings. The maximum absolute atomic E-state index is 11.9. The van der Waals surface area contributed by atoms with Crippen LogP contribution in [-0.2, 0) is 0 Å². The van der Waals surface area contributed by atoms with Gasteiger partial charge in [-0.2, -0.15) is 0 Å². The molecule has 88 valence electrons. The fourth-order valence-electron chi connectivity index (χ4n) is 1.93. The van der Waals surface area contributed by atoms with E-state index in [-0.39, 0.29) is 5.63 Å². The van der Waals surface area contributed by atoms with Gasteiger partial charge in [-0.25, -0.2) is 4.79 Å². The third-order valence-electron chi connectivity index (χ3n) is 2.81. The van der Waals surface area contributed by atoms with Crippen molar-refractivity contribution in [2.45, 2.75) is 0 Å². The summed E-state index contributed by atoms with van der Waals surface area (Å²) in [7, 11) is 0. The Kier molecular flexibility index (Phi) is 2.65. The third kappa shape index (κ3) is 1.81. The Hall–Kier alpha value is -2.06. The molecule has 3 rings (SSSR count). The van der Waals surface area contributed by atoms with Crippen LogP contribution in [-0.4, -0.2) is 0 Å². The number of hydrogen-bond acceptors (Lipinski definition) is 2. The Morgan fingerprint density at radius 2 is 1.67 bits per heavy atom. The van der Waals surface area contributed by atoms with Crippen molar-refractivity contribution < 1.29 is 4.42 Å². The van der Waals surface area contributed by atoms with E-state index in [0.717, 1.165) is 10.9 Å². The second-order valence-electron chi connectivity index (χ2n) is 3.97. The van der Waals surface area contributed by atoms with Gasteiger partial charge < -0.3 is 4.42 Å². The third-order valence-corrected chi connectivity index (χ3v) is 3.14. The van der Waals surface area contributed by atoms with Crippen LogP contribution in [0.25, 0.3) is 22.1 Å². The van der Waals surface area contributed by atoms with E-state index in [2.05, 4.69) is 0 Å². The molecule has 0 fully saturated rings. The van der Waals surface area contributed by atoms with Gasteiger partial charge >= 0.3 is 5.63 Å². The van der Waals surface area contributed by atoms with Crippen molar-refractivity contribution in [3.05, 3.63) is 70.0 Å². The molecule has 0 spiro atoms. The first-order valence-electron chi connectivity index (χ1n) is 5.53. The summed E-state index contributed by atoms with van der Waals surface area (Å²) in [5.74, 6) is 0.490. The van der Waals surface area contributed by atoms with E-state index >= 15 is 0 Å². The van der Waals surface area contributed by atoms with E-state index in [1.54, 1.807) is 12.1 Å². The smallest absolute Gasteiger partial charge is 0.344 e. The molecule has 18 heavy (non-hydrogen) atoms. The molecule has 0 unspecified atom stereocenters. The van der Waals surface area contributed by atoms with Crippen molar-refractivity contribution in [3.63, 3.8) is 0 Å². The van der Waals surface area contributed by atoms with E-state index in [9.17, 15) is 4.79 Å². The van der Waals surface area contributed by atoms with E-state index in [1.807, 2.05) is 42.5 Å². The average molecular weight is 257 g/mol. The van der Waals surface area contributed by atoms with Crippen molar-refractivity contribution in [3.8, 4) is 11.3 Å². The van der Waals surface area contributed by atoms with Gasteiger partial charge in [-0.3, -0.25) is 0 Å². The Morgan fingerprint density at radius 3 is 2.50 bits per heavy atom. The number of fused-ring (bicyclic) bond motifs is 1. The summed E-state index contributed by atoms with van der Waals surface area (Å²) < 4.78 is 5.32. The second kappa shape index (κ2) is 4.31. The van der Waals surface area contributed by atoms with Gasteiger partial charge in [0, 0.05) is 5.56 Å². The van der Waals surface area contributed by atoms with Crippen LogP contribution in [0.4, 0.5) is 0 Å². The van der Waals surface area contributed by atoms with Gasteiger partial charge in [-0.05, 0) is 29.7 Å². The van der Waals surface area contributed by atoms with Crippen molar-refractivity contribution in [2.75, 3.05) is 0 Å². The lowest BCUT2D eigenvalue weighted by Crippen LogP contribution is -1.99. The zero-order valence-electron chi connectivity index (χ0n) is 9.39. The summed E-state index contributed by atoms with van der Waals surface area (Å²) >= 11 is 6.10. The second-order valence-corrected chi connectivity index (χ2v) is 4.37. The highest BCUT2D eigenvalue weighted by Gasteiger charge is 2.08. The molecule has 0 saturated carbocycles. The SMILES string of the molecule is O=c1oc(-c2ccccc2Cl)cc2ccccc12. The quantitative estimate of drug-likeness (QED) is 0.656. The topological polar surface area (TPSA) is 30.2 Å². The minimum Gasteiger partial charge on any atom is -0.422 e. The lowest BCUT2D eigenvalue weighted by atomic mass is 10.1. The van der Waals surface area contributed by atoms with Gasteiger partial charge in [-0.1, -0.05) is 41.9 Å². The molecule has 3 aromatic rings. The Labute approximate surface area is 108 Å². The molecule has 2 aromatic carbocycles. The predicted molar refractivity (Wildman–Crippen MR) is 72.9 cm³/mol. The standard InChI is InChI=1S/C15H9ClO2/c16-13-8-4-3-7-12(13)14-9-10-5-1-2-6-11(10)15(17)18-14/h1-9H. The molecule has 3 heteroatoms. The minimum absolute atomic E-state index is 0.344.